The highest BCUT2D eigenvalue weighted by Crippen LogP contribution is 2.34. The Bertz CT molecular complexity index is 748. The van der Waals surface area contributed by atoms with Crippen molar-refractivity contribution in [1.82, 2.24) is 10.2 Å². The van der Waals surface area contributed by atoms with Crippen LogP contribution < -0.4 is 5.32 Å². The Labute approximate surface area is 147 Å². The topological polar surface area (TPSA) is 69.6 Å². The molecule has 25 heavy (non-hydrogen) atoms. The maximum atomic E-state index is 13.1. The maximum Gasteiger partial charge on any atom is 0.325 e. The van der Waals surface area contributed by atoms with Gasteiger partial charge in [-0.05, 0) is 17.5 Å². The molecule has 0 radical (unpaired) electrons. The smallest absolute Gasteiger partial charge is 0.325 e. The Morgan fingerprint density at radius 2 is 1.64 bits per heavy atom. The molecule has 1 fully saturated rings. The third kappa shape index (κ3) is 3.15. The number of aliphatic hydroxyl groups is 1. The van der Waals surface area contributed by atoms with Gasteiger partial charge in [-0.25, -0.2) is 4.79 Å². The number of hydrogen-bond acceptors (Lipinski definition) is 3. The molecule has 1 saturated heterocycles. The van der Waals surface area contributed by atoms with Crippen molar-refractivity contribution in [3.63, 3.8) is 0 Å². The largest absolute Gasteiger partial charge is 0.387 e. The summed E-state index contributed by atoms with van der Waals surface area (Å²) in [6.07, 6.45) is 0.347. The molecular weight excluding hydrogens is 316 g/mol. The van der Waals surface area contributed by atoms with Crippen molar-refractivity contribution >= 4 is 11.9 Å². The number of benzene rings is 2. The summed E-state index contributed by atoms with van der Waals surface area (Å²) in [5.74, 6) is -0.305. The van der Waals surface area contributed by atoms with Crippen LogP contribution in [0.15, 0.2) is 60.7 Å². The second kappa shape index (κ2) is 7.07. The van der Waals surface area contributed by atoms with Crippen LogP contribution in [0.25, 0.3) is 0 Å². The van der Waals surface area contributed by atoms with E-state index in [1.807, 2.05) is 55.5 Å². The van der Waals surface area contributed by atoms with E-state index >= 15 is 0 Å². The first kappa shape index (κ1) is 17.2. The standard InChI is InChI=1S/C20H22N2O3/c1-2-13-20(16-11-7-4-8-12-16)18(24)22(19(25)21-20)14-17(23)15-9-5-3-6-10-15/h3-12,17,23H,2,13-14H2,1H3,(H,21,25)/t17-,20-/m0/s1. The van der Waals surface area contributed by atoms with Gasteiger partial charge in [-0.15, -0.1) is 0 Å². The fourth-order valence-corrected chi connectivity index (χ4v) is 3.35. The molecule has 130 valence electrons. The van der Waals surface area contributed by atoms with Crippen molar-refractivity contribution in [3.8, 4) is 0 Å². The highest BCUT2D eigenvalue weighted by Gasteiger charge is 2.51. The van der Waals surface area contributed by atoms with E-state index in [9.17, 15) is 14.7 Å². The molecule has 2 aromatic carbocycles. The van der Waals surface area contributed by atoms with Gasteiger partial charge in [-0.3, -0.25) is 9.69 Å². The van der Waals surface area contributed by atoms with E-state index in [-0.39, 0.29) is 12.5 Å². The summed E-state index contributed by atoms with van der Waals surface area (Å²) in [4.78, 5) is 26.8. The molecule has 2 atom stereocenters. The zero-order valence-electron chi connectivity index (χ0n) is 14.2. The van der Waals surface area contributed by atoms with E-state index in [2.05, 4.69) is 5.32 Å². The number of amides is 3. The van der Waals surface area contributed by atoms with E-state index < -0.39 is 17.7 Å². The lowest BCUT2D eigenvalue weighted by molar-refractivity contribution is -0.133. The van der Waals surface area contributed by atoms with Crippen molar-refractivity contribution in [2.45, 2.75) is 31.4 Å². The predicted octanol–water partition coefficient (Wildman–Crippen LogP) is 2.97. The summed E-state index contributed by atoms with van der Waals surface area (Å²) < 4.78 is 0. The number of nitrogens with zero attached hydrogens (tertiary/aromatic N) is 1. The fraction of sp³-hybridized carbons (Fsp3) is 0.300. The molecule has 1 aliphatic heterocycles. The van der Waals surface area contributed by atoms with Crippen LogP contribution in [0.5, 0.6) is 0 Å². The molecule has 2 aromatic rings. The molecule has 1 aliphatic rings. The van der Waals surface area contributed by atoms with Crippen LogP contribution in [0.3, 0.4) is 0 Å². The van der Waals surface area contributed by atoms with Gasteiger partial charge in [0.25, 0.3) is 5.91 Å². The van der Waals surface area contributed by atoms with Gasteiger partial charge < -0.3 is 10.4 Å². The fourth-order valence-electron chi connectivity index (χ4n) is 3.35. The Balaban J connectivity index is 1.88. The molecule has 0 unspecified atom stereocenters. The summed E-state index contributed by atoms with van der Waals surface area (Å²) in [6, 6.07) is 17.9. The molecule has 0 spiro atoms. The first-order chi connectivity index (χ1) is 12.1. The van der Waals surface area contributed by atoms with Gasteiger partial charge in [0, 0.05) is 0 Å². The first-order valence-corrected chi connectivity index (χ1v) is 8.51. The molecule has 0 aliphatic carbocycles. The van der Waals surface area contributed by atoms with Crippen molar-refractivity contribution in [1.29, 1.82) is 0 Å². The van der Waals surface area contributed by atoms with Crippen LogP contribution in [-0.2, 0) is 10.3 Å². The van der Waals surface area contributed by atoms with E-state index in [1.165, 1.54) is 0 Å². The maximum absolute atomic E-state index is 13.1. The minimum absolute atomic E-state index is 0.0625. The van der Waals surface area contributed by atoms with Crippen molar-refractivity contribution in [2.75, 3.05) is 6.54 Å². The predicted molar refractivity (Wildman–Crippen MR) is 94.7 cm³/mol. The van der Waals surface area contributed by atoms with Crippen molar-refractivity contribution in [3.05, 3.63) is 71.8 Å². The second-order valence-electron chi connectivity index (χ2n) is 6.29. The van der Waals surface area contributed by atoms with Crippen LogP contribution in [0.1, 0.15) is 37.0 Å². The SMILES string of the molecule is CCC[C@@]1(c2ccccc2)NC(=O)N(C[C@H](O)c2ccccc2)C1=O. The highest BCUT2D eigenvalue weighted by atomic mass is 16.3. The number of carbonyl (C=O) groups is 2. The Kier molecular flexibility index (Phi) is 4.86. The Hall–Kier alpha value is -2.66. The van der Waals surface area contributed by atoms with E-state index in [4.69, 9.17) is 0 Å². The Morgan fingerprint density at radius 1 is 1.04 bits per heavy atom. The average molecular weight is 338 g/mol. The van der Waals surface area contributed by atoms with Crippen LogP contribution in [0.4, 0.5) is 4.79 Å². The molecule has 3 rings (SSSR count). The molecular formula is C20H22N2O3. The number of nitrogens with one attached hydrogen (secondary N) is 1. The minimum atomic E-state index is -1.05. The number of urea groups is 1. The molecule has 5 nitrogen and oxygen atoms in total. The lowest BCUT2D eigenvalue weighted by Crippen LogP contribution is -2.44. The highest BCUT2D eigenvalue weighted by molar-refractivity contribution is 6.07. The van der Waals surface area contributed by atoms with Crippen LogP contribution in [0, 0.1) is 0 Å². The number of aliphatic hydroxyl groups excluding tert-OH is 1. The van der Waals surface area contributed by atoms with Crippen LogP contribution in [-0.4, -0.2) is 28.5 Å². The molecule has 1 heterocycles. The lowest BCUT2D eigenvalue weighted by Gasteiger charge is -2.27. The number of hydrogen-bond donors (Lipinski definition) is 2. The van der Waals surface area contributed by atoms with Gasteiger partial charge in [0.2, 0.25) is 0 Å². The van der Waals surface area contributed by atoms with Gasteiger partial charge in [-0.1, -0.05) is 74.0 Å². The number of imide groups is 1. The number of β-amino-alcohol motifs (C(OH)–C–C–N with tert-alkyl or cyclic N) is 1. The molecule has 5 heteroatoms. The van der Waals surface area contributed by atoms with Crippen molar-refractivity contribution in [2.24, 2.45) is 0 Å². The third-order valence-corrected chi connectivity index (χ3v) is 4.61. The number of rotatable bonds is 6. The van der Waals surface area contributed by atoms with Crippen LogP contribution in [0.2, 0.25) is 0 Å². The average Bonchev–Trinajstić information content (AvgIpc) is 2.88. The number of carbonyl (C=O) groups excluding carboxylic acids is 2. The quantitative estimate of drug-likeness (QED) is 0.796. The molecule has 0 aromatic heterocycles. The molecule has 0 bridgehead atoms. The molecule has 3 amide bonds. The van der Waals surface area contributed by atoms with Gasteiger partial charge in [0.15, 0.2) is 0 Å². The normalized spacial score (nSPS) is 21.3. The van der Waals surface area contributed by atoms with Crippen molar-refractivity contribution < 1.29 is 14.7 Å². The summed E-state index contributed by atoms with van der Waals surface area (Å²) in [5, 5.41) is 13.3. The Morgan fingerprint density at radius 3 is 2.24 bits per heavy atom. The molecule has 2 N–H and O–H groups in total. The van der Waals surface area contributed by atoms with Gasteiger partial charge in [0.1, 0.15) is 5.54 Å². The summed E-state index contributed by atoms with van der Waals surface area (Å²) in [5.41, 5.74) is 0.395. The third-order valence-electron chi connectivity index (χ3n) is 4.61. The van der Waals surface area contributed by atoms with Gasteiger partial charge >= 0.3 is 6.03 Å². The van der Waals surface area contributed by atoms with Gasteiger partial charge in [-0.2, -0.15) is 0 Å². The summed E-state index contributed by atoms with van der Waals surface area (Å²) in [7, 11) is 0. The van der Waals surface area contributed by atoms with E-state index in [0.717, 1.165) is 16.9 Å². The van der Waals surface area contributed by atoms with E-state index in [1.54, 1.807) is 12.1 Å². The molecule has 0 saturated carbocycles. The second-order valence-corrected chi connectivity index (χ2v) is 6.29. The van der Waals surface area contributed by atoms with E-state index in [0.29, 0.717) is 12.0 Å². The summed E-state index contributed by atoms with van der Waals surface area (Å²) >= 11 is 0. The zero-order chi connectivity index (χ0) is 17.9. The lowest BCUT2D eigenvalue weighted by atomic mass is 9.85. The first-order valence-electron chi connectivity index (χ1n) is 8.51. The summed E-state index contributed by atoms with van der Waals surface area (Å²) in [6.45, 7) is 1.92. The van der Waals surface area contributed by atoms with Crippen LogP contribution >= 0.6 is 0 Å². The minimum Gasteiger partial charge on any atom is -0.387 e. The zero-order valence-corrected chi connectivity index (χ0v) is 14.2. The monoisotopic (exact) mass is 338 g/mol. The van der Waals surface area contributed by atoms with Gasteiger partial charge in [0.05, 0.1) is 12.6 Å².